The molecule has 152 valence electrons. The Kier molecular flexibility index (Phi) is 6.89. The number of ketones is 1. The van der Waals surface area contributed by atoms with Gasteiger partial charge in [-0.2, -0.15) is 5.10 Å². The van der Waals surface area contributed by atoms with Gasteiger partial charge < -0.3 is 10.1 Å². The summed E-state index contributed by atoms with van der Waals surface area (Å²) >= 11 is 0. The molecular formula is C23H21N3O4. The van der Waals surface area contributed by atoms with Crippen molar-refractivity contribution in [2.45, 2.75) is 13.5 Å². The van der Waals surface area contributed by atoms with Crippen LogP contribution in [-0.4, -0.2) is 34.0 Å². The Labute approximate surface area is 174 Å². The van der Waals surface area contributed by atoms with E-state index in [2.05, 4.69) is 10.4 Å². The standard InChI is InChI=1S/C23H21N3O4/c1-17(27)20-8-5-9-21(12-20)25-22(28)16-30-23(29)11-10-19-13-24-26(15-19)14-18-6-3-2-4-7-18/h2-13,15H,14,16H2,1H3,(H,25,28)/b11-10+. The molecule has 1 N–H and O–H groups in total. The highest BCUT2D eigenvalue weighted by Crippen LogP contribution is 2.11. The zero-order chi connectivity index (χ0) is 21.3. The molecule has 7 nitrogen and oxygen atoms in total. The number of nitrogens with one attached hydrogen (secondary N) is 1. The predicted molar refractivity (Wildman–Crippen MR) is 113 cm³/mol. The lowest BCUT2D eigenvalue weighted by Gasteiger charge is -2.06. The number of esters is 1. The van der Waals surface area contributed by atoms with Crippen molar-refractivity contribution in [2.75, 3.05) is 11.9 Å². The Morgan fingerprint density at radius 3 is 2.67 bits per heavy atom. The fraction of sp³-hybridized carbons (Fsp3) is 0.130. The maximum Gasteiger partial charge on any atom is 0.331 e. The molecule has 2 aromatic carbocycles. The molecule has 0 unspecified atom stereocenters. The van der Waals surface area contributed by atoms with Crippen molar-refractivity contribution in [3.63, 3.8) is 0 Å². The van der Waals surface area contributed by atoms with Gasteiger partial charge in [0.1, 0.15) is 0 Å². The molecule has 30 heavy (non-hydrogen) atoms. The molecule has 0 fully saturated rings. The van der Waals surface area contributed by atoms with E-state index in [4.69, 9.17) is 4.74 Å². The summed E-state index contributed by atoms with van der Waals surface area (Å²) in [5, 5.41) is 6.84. The number of ether oxygens (including phenoxy) is 1. The van der Waals surface area contributed by atoms with E-state index in [1.165, 1.54) is 13.0 Å². The normalized spacial score (nSPS) is 10.7. The lowest BCUT2D eigenvalue weighted by Crippen LogP contribution is -2.20. The fourth-order valence-electron chi connectivity index (χ4n) is 2.68. The minimum absolute atomic E-state index is 0.102. The largest absolute Gasteiger partial charge is 0.452 e. The van der Waals surface area contributed by atoms with Gasteiger partial charge in [0.2, 0.25) is 0 Å². The Balaban J connectivity index is 1.46. The van der Waals surface area contributed by atoms with Crippen LogP contribution in [0.2, 0.25) is 0 Å². The molecule has 0 saturated heterocycles. The second-order valence-electron chi connectivity index (χ2n) is 6.58. The number of amides is 1. The smallest absolute Gasteiger partial charge is 0.331 e. The van der Waals surface area contributed by atoms with Crippen molar-refractivity contribution >= 4 is 29.4 Å². The van der Waals surface area contributed by atoms with Gasteiger partial charge in [-0.1, -0.05) is 42.5 Å². The van der Waals surface area contributed by atoms with Gasteiger partial charge in [-0.3, -0.25) is 14.3 Å². The summed E-state index contributed by atoms with van der Waals surface area (Å²) in [5.41, 5.74) is 2.81. The van der Waals surface area contributed by atoms with Crippen LogP contribution >= 0.6 is 0 Å². The fourth-order valence-corrected chi connectivity index (χ4v) is 2.68. The summed E-state index contributed by atoms with van der Waals surface area (Å²) in [6, 6.07) is 16.4. The number of hydrogen-bond donors (Lipinski definition) is 1. The van der Waals surface area contributed by atoms with E-state index in [9.17, 15) is 14.4 Å². The monoisotopic (exact) mass is 403 g/mol. The van der Waals surface area contributed by atoms with Gasteiger partial charge in [0.05, 0.1) is 12.7 Å². The maximum absolute atomic E-state index is 11.9. The van der Waals surface area contributed by atoms with Gasteiger partial charge in [-0.15, -0.1) is 0 Å². The third kappa shape index (κ3) is 6.27. The van der Waals surface area contributed by atoms with Crippen LogP contribution in [0.15, 0.2) is 73.1 Å². The molecule has 1 aromatic heterocycles. The van der Waals surface area contributed by atoms with Crippen LogP contribution in [0.1, 0.15) is 28.4 Å². The minimum Gasteiger partial charge on any atom is -0.452 e. The van der Waals surface area contributed by atoms with E-state index in [-0.39, 0.29) is 5.78 Å². The van der Waals surface area contributed by atoms with E-state index in [0.717, 1.165) is 11.1 Å². The lowest BCUT2D eigenvalue weighted by molar-refractivity contribution is -0.142. The molecule has 0 saturated carbocycles. The molecule has 0 radical (unpaired) electrons. The van der Waals surface area contributed by atoms with Gasteiger partial charge in [0, 0.05) is 29.1 Å². The third-order valence-electron chi connectivity index (χ3n) is 4.15. The molecular weight excluding hydrogens is 382 g/mol. The van der Waals surface area contributed by atoms with Gasteiger partial charge >= 0.3 is 5.97 Å². The van der Waals surface area contributed by atoms with Gasteiger partial charge in [0.25, 0.3) is 5.91 Å². The topological polar surface area (TPSA) is 90.3 Å². The maximum atomic E-state index is 11.9. The summed E-state index contributed by atoms with van der Waals surface area (Å²) in [6.07, 6.45) is 6.27. The molecule has 7 heteroatoms. The van der Waals surface area contributed by atoms with Crippen molar-refractivity contribution in [3.8, 4) is 0 Å². The Morgan fingerprint density at radius 1 is 1.10 bits per heavy atom. The van der Waals surface area contributed by atoms with E-state index >= 15 is 0 Å². The second kappa shape index (κ2) is 9.97. The summed E-state index contributed by atoms with van der Waals surface area (Å²) in [6.45, 7) is 1.64. The first-order chi connectivity index (χ1) is 14.5. The van der Waals surface area contributed by atoms with Crippen LogP contribution < -0.4 is 5.32 Å². The van der Waals surface area contributed by atoms with Crippen molar-refractivity contribution < 1.29 is 19.1 Å². The molecule has 1 heterocycles. The second-order valence-corrected chi connectivity index (χ2v) is 6.58. The van der Waals surface area contributed by atoms with Crippen molar-refractivity contribution in [1.82, 2.24) is 9.78 Å². The third-order valence-corrected chi connectivity index (χ3v) is 4.15. The number of rotatable bonds is 8. The number of hydrogen-bond acceptors (Lipinski definition) is 5. The lowest BCUT2D eigenvalue weighted by atomic mass is 10.1. The molecule has 3 rings (SSSR count). The molecule has 0 spiro atoms. The Hall–Kier alpha value is -4.00. The highest BCUT2D eigenvalue weighted by Gasteiger charge is 2.07. The molecule has 1 amide bonds. The SMILES string of the molecule is CC(=O)c1cccc(NC(=O)COC(=O)/C=C/c2cnn(Cc3ccccc3)c2)c1. The minimum atomic E-state index is -0.640. The molecule has 3 aromatic rings. The zero-order valence-corrected chi connectivity index (χ0v) is 16.4. The van der Waals surface area contributed by atoms with E-state index in [1.54, 1.807) is 41.2 Å². The summed E-state index contributed by atoms with van der Waals surface area (Å²) < 4.78 is 6.71. The van der Waals surface area contributed by atoms with Crippen LogP contribution in [-0.2, 0) is 20.9 Å². The molecule has 0 atom stereocenters. The first kappa shape index (κ1) is 20.7. The van der Waals surface area contributed by atoms with Crippen LogP contribution in [0.25, 0.3) is 6.08 Å². The molecule has 0 aliphatic rings. The van der Waals surface area contributed by atoms with Crippen LogP contribution in [0.3, 0.4) is 0 Å². The number of anilines is 1. The average Bonchev–Trinajstić information content (AvgIpc) is 3.19. The summed E-state index contributed by atoms with van der Waals surface area (Å²) in [5.74, 6) is -1.23. The van der Waals surface area contributed by atoms with E-state index < -0.39 is 18.5 Å². The number of Topliss-reactive ketones (excluding diaryl/α,β-unsaturated/α-hetero) is 1. The number of carbonyl (C=O) groups excluding carboxylic acids is 3. The van der Waals surface area contributed by atoms with Crippen molar-refractivity contribution in [1.29, 1.82) is 0 Å². The van der Waals surface area contributed by atoms with Gasteiger partial charge in [-0.25, -0.2) is 4.79 Å². The summed E-state index contributed by atoms with van der Waals surface area (Å²) in [4.78, 5) is 35.2. The van der Waals surface area contributed by atoms with Gasteiger partial charge in [-0.05, 0) is 30.7 Å². The number of aromatic nitrogens is 2. The van der Waals surface area contributed by atoms with E-state index in [1.807, 2.05) is 36.5 Å². The number of carbonyl (C=O) groups is 3. The molecule has 0 bridgehead atoms. The Bertz CT molecular complexity index is 1070. The average molecular weight is 403 g/mol. The first-order valence-corrected chi connectivity index (χ1v) is 9.31. The van der Waals surface area contributed by atoms with E-state index in [0.29, 0.717) is 17.8 Å². The van der Waals surface area contributed by atoms with Crippen LogP contribution in [0, 0.1) is 0 Å². The highest BCUT2D eigenvalue weighted by molar-refractivity contribution is 5.98. The Morgan fingerprint density at radius 2 is 1.90 bits per heavy atom. The first-order valence-electron chi connectivity index (χ1n) is 9.31. The molecule has 0 aliphatic heterocycles. The number of nitrogens with zero attached hydrogens (tertiary/aromatic N) is 2. The van der Waals surface area contributed by atoms with Crippen LogP contribution in [0.4, 0.5) is 5.69 Å². The zero-order valence-electron chi connectivity index (χ0n) is 16.4. The predicted octanol–water partition coefficient (Wildman–Crippen LogP) is 3.33. The number of benzene rings is 2. The quantitative estimate of drug-likeness (QED) is 0.354. The highest BCUT2D eigenvalue weighted by atomic mass is 16.5. The van der Waals surface area contributed by atoms with Gasteiger partial charge in [0.15, 0.2) is 12.4 Å². The van der Waals surface area contributed by atoms with Crippen molar-refractivity contribution in [2.24, 2.45) is 0 Å². The van der Waals surface area contributed by atoms with Crippen LogP contribution in [0.5, 0.6) is 0 Å². The van der Waals surface area contributed by atoms with Crippen molar-refractivity contribution in [3.05, 3.63) is 89.8 Å². The summed E-state index contributed by atoms with van der Waals surface area (Å²) in [7, 11) is 0. The molecule has 0 aliphatic carbocycles.